The van der Waals surface area contributed by atoms with Crippen molar-refractivity contribution in [2.24, 2.45) is 0 Å². The van der Waals surface area contributed by atoms with Gasteiger partial charge in [0.25, 0.3) is 0 Å². The van der Waals surface area contributed by atoms with Crippen molar-refractivity contribution in [1.29, 1.82) is 0 Å². The summed E-state index contributed by atoms with van der Waals surface area (Å²) >= 11 is 0. The minimum Gasteiger partial charge on any atom is -0.341 e. The third-order valence-corrected chi connectivity index (χ3v) is 1.23. The standard InChI is InChI=1S/C7H10N4O/c1-5-3-9-6(10-4-5)11-7(12)8-2/h3-4H,1-2H3,(H2,8,9,10,11,12). The molecule has 64 valence electrons. The van der Waals surface area contributed by atoms with E-state index < -0.39 is 0 Å². The van der Waals surface area contributed by atoms with E-state index >= 15 is 0 Å². The second-order valence-electron chi connectivity index (χ2n) is 2.29. The average molecular weight is 166 g/mol. The number of aromatic nitrogens is 2. The molecule has 1 heterocycles. The Morgan fingerprint density at radius 3 is 2.50 bits per heavy atom. The molecular weight excluding hydrogens is 156 g/mol. The SMILES string of the molecule is CNC(=O)Nc1ncc(C)cn1. The first-order valence-corrected chi connectivity index (χ1v) is 3.50. The van der Waals surface area contributed by atoms with Gasteiger partial charge in [0, 0.05) is 19.4 Å². The topological polar surface area (TPSA) is 66.9 Å². The van der Waals surface area contributed by atoms with Gasteiger partial charge in [-0.2, -0.15) is 0 Å². The summed E-state index contributed by atoms with van der Waals surface area (Å²) in [4.78, 5) is 18.5. The van der Waals surface area contributed by atoms with Crippen molar-refractivity contribution in [3.05, 3.63) is 18.0 Å². The van der Waals surface area contributed by atoms with E-state index in [1.807, 2.05) is 6.92 Å². The molecule has 0 atom stereocenters. The highest BCUT2D eigenvalue weighted by molar-refractivity contribution is 5.86. The van der Waals surface area contributed by atoms with E-state index in [1.54, 1.807) is 12.4 Å². The third-order valence-electron chi connectivity index (χ3n) is 1.23. The normalized spacial score (nSPS) is 9.17. The number of carbonyl (C=O) groups excluding carboxylic acids is 1. The highest BCUT2D eigenvalue weighted by Gasteiger charge is 1.98. The van der Waals surface area contributed by atoms with Crippen LogP contribution in [-0.2, 0) is 0 Å². The van der Waals surface area contributed by atoms with Gasteiger partial charge in [0.05, 0.1) is 0 Å². The molecule has 0 aromatic carbocycles. The van der Waals surface area contributed by atoms with Gasteiger partial charge in [-0.05, 0) is 12.5 Å². The van der Waals surface area contributed by atoms with Crippen molar-refractivity contribution in [3.8, 4) is 0 Å². The van der Waals surface area contributed by atoms with Gasteiger partial charge in [0.2, 0.25) is 5.95 Å². The van der Waals surface area contributed by atoms with Crippen LogP contribution in [-0.4, -0.2) is 23.0 Å². The molecule has 0 saturated carbocycles. The third kappa shape index (κ3) is 2.19. The molecule has 0 bridgehead atoms. The van der Waals surface area contributed by atoms with E-state index in [9.17, 15) is 4.79 Å². The summed E-state index contributed by atoms with van der Waals surface area (Å²) in [5.74, 6) is 0.306. The van der Waals surface area contributed by atoms with Crippen LogP contribution in [0.2, 0.25) is 0 Å². The molecule has 0 aliphatic heterocycles. The van der Waals surface area contributed by atoms with Crippen LogP contribution in [0.5, 0.6) is 0 Å². The summed E-state index contributed by atoms with van der Waals surface area (Å²) in [5, 5.41) is 4.84. The molecule has 2 amide bonds. The number of carbonyl (C=O) groups is 1. The Balaban J connectivity index is 2.64. The van der Waals surface area contributed by atoms with E-state index in [-0.39, 0.29) is 6.03 Å². The summed E-state index contributed by atoms with van der Waals surface area (Å²) in [6.07, 6.45) is 3.27. The van der Waals surface area contributed by atoms with E-state index in [0.29, 0.717) is 5.95 Å². The summed E-state index contributed by atoms with van der Waals surface area (Å²) < 4.78 is 0. The Morgan fingerprint density at radius 1 is 1.42 bits per heavy atom. The molecule has 5 nitrogen and oxygen atoms in total. The van der Waals surface area contributed by atoms with Crippen molar-refractivity contribution in [1.82, 2.24) is 15.3 Å². The Morgan fingerprint density at radius 2 is 2.00 bits per heavy atom. The van der Waals surface area contributed by atoms with E-state index in [1.165, 1.54) is 7.05 Å². The zero-order valence-corrected chi connectivity index (χ0v) is 6.96. The molecule has 0 unspecified atom stereocenters. The van der Waals surface area contributed by atoms with Gasteiger partial charge in [0.15, 0.2) is 0 Å². The van der Waals surface area contributed by atoms with Gasteiger partial charge in [0.1, 0.15) is 0 Å². The smallest absolute Gasteiger partial charge is 0.321 e. The van der Waals surface area contributed by atoms with E-state index in [2.05, 4.69) is 20.6 Å². The molecule has 0 saturated heterocycles. The zero-order chi connectivity index (χ0) is 8.97. The lowest BCUT2D eigenvalue weighted by Crippen LogP contribution is -2.25. The molecule has 0 aliphatic carbocycles. The Kier molecular flexibility index (Phi) is 2.57. The first kappa shape index (κ1) is 8.45. The van der Waals surface area contributed by atoms with Crippen molar-refractivity contribution in [2.45, 2.75) is 6.92 Å². The predicted molar refractivity (Wildman–Crippen MR) is 44.8 cm³/mol. The quantitative estimate of drug-likeness (QED) is 0.639. The Bertz CT molecular complexity index is 269. The fraction of sp³-hybridized carbons (Fsp3) is 0.286. The molecule has 1 aromatic heterocycles. The van der Waals surface area contributed by atoms with Crippen LogP contribution in [0, 0.1) is 6.92 Å². The number of hydrogen-bond acceptors (Lipinski definition) is 3. The summed E-state index contributed by atoms with van der Waals surface area (Å²) in [5.41, 5.74) is 0.956. The molecule has 1 rings (SSSR count). The maximum Gasteiger partial charge on any atom is 0.321 e. The van der Waals surface area contributed by atoms with Crippen molar-refractivity contribution in [2.75, 3.05) is 12.4 Å². The lowest BCUT2D eigenvalue weighted by Gasteiger charge is -2.00. The molecular formula is C7H10N4O. The molecule has 0 aliphatic rings. The van der Waals surface area contributed by atoms with Gasteiger partial charge in [-0.25, -0.2) is 14.8 Å². The summed E-state index contributed by atoms with van der Waals surface area (Å²) in [7, 11) is 1.53. The molecule has 2 N–H and O–H groups in total. The van der Waals surface area contributed by atoms with Crippen molar-refractivity contribution in [3.63, 3.8) is 0 Å². The van der Waals surface area contributed by atoms with Crippen LogP contribution < -0.4 is 10.6 Å². The number of rotatable bonds is 1. The van der Waals surface area contributed by atoms with Crippen LogP contribution in [0.25, 0.3) is 0 Å². The van der Waals surface area contributed by atoms with Crippen LogP contribution in [0.4, 0.5) is 10.7 Å². The average Bonchev–Trinajstić information content (AvgIpc) is 2.09. The zero-order valence-electron chi connectivity index (χ0n) is 6.96. The highest BCUT2D eigenvalue weighted by atomic mass is 16.2. The van der Waals surface area contributed by atoms with Crippen LogP contribution in [0.1, 0.15) is 5.56 Å². The van der Waals surface area contributed by atoms with Crippen LogP contribution >= 0.6 is 0 Å². The Labute approximate surface area is 70.2 Å². The maximum absolute atomic E-state index is 10.8. The lowest BCUT2D eigenvalue weighted by molar-refractivity contribution is 0.254. The molecule has 0 radical (unpaired) electrons. The minimum atomic E-state index is -0.321. The van der Waals surface area contributed by atoms with Gasteiger partial charge in [-0.3, -0.25) is 5.32 Å². The first-order valence-electron chi connectivity index (χ1n) is 3.50. The second-order valence-corrected chi connectivity index (χ2v) is 2.29. The number of urea groups is 1. The number of nitrogens with one attached hydrogen (secondary N) is 2. The first-order chi connectivity index (χ1) is 5.72. The number of amides is 2. The van der Waals surface area contributed by atoms with Gasteiger partial charge < -0.3 is 5.32 Å². The van der Waals surface area contributed by atoms with Crippen molar-refractivity contribution >= 4 is 12.0 Å². The summed E-state index contributed by atoms with van der Waals surface area (Å²) in [6.45, 7) is 1.88. The Hall–Kier alpha value is -1.65. The fourth-order valence-electron chi connectivity index (χ4n) is 0.621. The van der Waals surface area contributed by atoms with Gasteiger partial charge in [-0.15, -0.1) is 0 Å². The van der Waals surface area contributed by atoms with Crippen molar-refractivity contribution < 1.29 is 4.79 Å². The van der Waals surface area contributed by atoms with E-state index in [0.717, 1.165) is 5.56 Å². The number of nitrogens with zero attached hydrogens (tertiary/aromatic N) is 2. The van der Waals surface area contributed by atoms with Gasteiger partial charge in [-0.1, -0.05) is 0 Å². The molecule has 5 heteroatoms. The number of hydrogen-bond donors (Lipinski definition) is 2. The highest BCUT2D eigenvalue weighted by Crippen LogP contribution is 1.97. The van der Waals surface area contributed by atoms with Gasteiger partial charge >= 0.3 is 6.03 Å². The number of aryl methyl sites for hydroxylation is 1. The van der Waals surface area contributed by atoms with Crippen LogP contribution in [0.15, 0.2) is 12.4 Å². The largest absolute Gasteiger partial charge is 0.341 e. The molecule has 0 fully saturated rings. The monoisotopic (exact) mass is 166 g/mol. The maximum atomic E-state index is 10.8. The number of anilines is 1. The van der Waals surface area contributed by atoms with E-state index in [4.69, 9.17) is 0 Å². The summed E-state index contributed by atoms with van der Waals surface area (Å²) in [6, 6.07) is -0.321. The predicted octanol–water partition coefficient (Wildman–Crippen LogP) is 0.536. The van der Waals surface area contributed by atoms with Crippen LogP contribution in [0.3, 0.4) is 0 Å². The molecule has 1 aromatic rings. The lowest BCUT2D eigenvalue weighted by atomic mass is 10.4. The molecule has 0 spiro atoms. The second kappa shape index (κ2) is 3.66. The molecule has 12 heavy (non-hydrogen) atoms. The fourth-order valence-corrected chi connectivity index (χ4v) is 0.621. The minimum absolute atomic E-state index is 0.306.